The molecule has 1 unspecified atom stereocenters. The normalized spacial score (nSPS) is 37.2. The van der Waals surface area contributed by atoms with Crippen molar-refractivity contribution in [3.8, 4) is 0 Å². The van der Waals surface area contributed by atoms with Crippen LogP contribution in [0, 0.1) is 0 Å². The van der Waals surface area contributed by atoms with Crippen molar-refractivity contribution in [2.45, 2.75) is 38.1 Å². The van der Waals surface area contributed by atoms with E-state index in [9.17, 15) is 4.79 Å². The summed E-state index contributed by atoms with van der Waals surface area (Å²) in [5, 5.41) is 0. The molecule has 0 saturated carbocycles. The molecule has 13 heavy (non-hydrogen) atoms. The Morgan fingerprint density at radius 1 is 1.46 bits per heavy atom. The Bertz CT molecular complexity index is 267. The number of allylic oxidation sites excluding steroid dienone is 1. The summed E-state index contributed by atoms with van der Waals surface area (Å²) in [6.07, 6.45) is 4.75. The molecule has 2 rings (SSSR count). The monoisotopic (exact) mass is 182 g/mol. The fourth-order valence-corrected chi connectivity index (χ4v) is 1.80. The molecule has 1 saturated heterocycles. The van der Waals surface area contributed by atoms with Crippen molar-refractivity contribution in [2.24, 2.45) is 0 Å². The van der Waals surface area contributed by atoms with Crippen molar-refractivity contribution in [3.63, 3.8) is 0 Å². The van der Waals surface area contributed by atoms with Gasteiger partial charge in [0.05, 0.1) is 6.61 Å². The van der Waals surface area contributed by atoms with Crippen molar-refractivity contribution in [1.82, 2.24) is 0 Å². The van der Waals surface area contributed by atoms with E-state index in [1.165, 1.54) is 0 Å². The zero-order valence-electron chi connectivity index (χ0n) is 8.00. The zero-order chi connectivity index (χ0) is 9.53. The van der Waals surface area contributed by atoms with E-state index in [1.807, 2.05) is 19.9 Å². The fraction of sp³-hybridized carbons (Fsp3) is 0.700. The standard InChI is InChI=1S/C10H14O3/c1-9(2)12-7-10(13-9)5-3-8(11)4-6-10/h3,5H,4,6-7H2,1-2H3. The van der Waals surface area contributed by atoms with Gasteiger partial charge in [-0.3, -0.25) is 4.79 Å². The minimum Gasteiger partial charge on any atom is -0.347 e. The third kappa shape index (κ3) is 1.67. The first-order chi connectivity index (χ1) is 6.02. The summed E-state index contributed by atoms with van der Waals surface area (Å²) >= 11 is 0. The zero-order valence-corrected chi connectivity index (χ0v) is 8.00. The Morgan fingerprint density at radius 3 is 2.69 bits per heavy atom. The van der Waals surface area contributed by atoms with Gasteiger partial charge in [0.25, 0.3) is 0 Å². The largest absolute Gasteiger partial charge is 0.347 e. The lowest BCUT2D eigenvalue weighted by molar-refractivity contribution is -0.154. The van der Waals surface area contributed by atoms with Crippen LogP contribution in [-0.2, 0) is 14.3 Å². The van der Waals surface area contributed by atoms with Crippen molar-refractivity contribution in [1.29, 1.82) is 0 Å². The van der Waals surface area contributed by atoms with Crippen LogP contribution in [0.4, 0.5) is 0 Å². The molecule has 0 bridgehead atoms. The van der Waals surface area contributed by atoms with Crippen molar-refractivity contribution < 1.29 is 14.3 Å². The van der Waals surface area contributed by atoms with Crippen molar-refractivity contribution >= 4 is 5.78 Å². The lowest BCUT2D eigenvalue weighted by Gasteiger charge is -2.27. The van der Waals surface area contributed by atoms with Crippen LogP contribution in [0.5, 0.6) is 0 Å². The van der Waals surface area contributed by atoms with Crippen LogP contribution in [-0.4, -0.2) is 23.8 Å². The quantitative estimate of drug-likeness (QED) is 0.568. The van der Waals surface area contributed by atoms with Crippen LogP contribution in [0.2, 0.25) is 0 Å². The van der Waals surface area contributed by atoms with Gasteiger partial charge in [-0.05, 0) is 32.4 Å². The molecule has 0 amide bonds. The highest BCUT2D eigenvalue weighted by Crippen LogP contribution is 2.37. The Kier molecular flexibility index (Phi) is 1.82. The molecule has 0 aromatic carbocycles. The van der Waals surface area contributed by atoms with E-state index in [2.05, 4.69) is 0 Å². The molecule has 1 atom stereocenters. The summed E-state index contributed by atoms with van der Waals surface area (Å²) in [4.78, 5) is 11.0. The first-order valence-corrected chi connectivity index (χ1v) is 4.58. The average molecular weight is 182 g/mol. The first-order valence-electron chi connectivity index (χ1n) is 4.58. The smallest absolute Gasteiger partial charge is 0.164 e. The van der Waals surface area contributed by atoms with Gasteiger partial charge in [-0.1, -0.05) is 0 Å². The maximum absolute atomic E-state index is 11.0. The van der Waals surface area contributed by atoms with Gasteiger partial charge in [0.15, 0.2) is 11.6 Å². The lowest BCUT2D eigenvalue weighted by atomic mass is 9.91. The van der Waals surface area contributed by atoms with Gasteiger partial charge in [-0.15, -0.1) is 0 Å². The third-order valence-corrected chi connectivity index (χ3v) is 2.48. The molecule has 1 spiro atoms. The van der Waals surface area contributed by atoms with E-state index in [0.29, 0.717) is 13.0 Å². The van der Waals surface area contributed by atoms with Crippen LogP contribution in [0.1, 0.15) is 26.7 Å². The number of hydrogen-bond acceptors (Lipinski definition) is 3. The molecule has 0 aromatic heterocycles. The fourth-order valence-electron chi connectivity index (χ4n) is 1.80. The molecule has 0 N–H and O–H groups in total. The molecule has 0 radical (unpaired) electrons. The lowest BCUT2D eigenvalue weighted by Crippen LogP contribution is -2.34. The maximum atomic E-state index is 11.0. The van der Waals surface area contributed by atoms with Gasteiger partial charge in [-0.2, -0.15) is 0 Å². The van der Waals surface area contributed by atoms with Crippen LogP contribution in [0.3, 0.4) is 0 Å². The summed E-state index contributed by atoms with van der Waals surface area (Å²) in [5.41, 5.74) is -0.336. The maximum Gasteiger partial charge on any atom is 0.164 e. The Hall–Kier alpha value is -0.670. The van der Waals surface area contributed by atoms with Crippen molar-refractivity contribution in [2.75, 3.05) is 6.61 Å². The summed E-state index contributed by atoms with van der Waals surface area (Å²) in [5.74, 6) is -0.330. The van der Waals surface area contributed by atoms with E-state index in [0.717, 1.165) is 6.42 Å². The van der Waals surface area contributed by atoms with Crippen LogP contribution >= 0.6 is 0 Å². The molecule has 1 aliphatic heterocycles. The van der Waals surface area contributed by atoms with Crippen molar-refractivity contribution in [3.05, 3.63) is 12.2 Å². The van der Waals surface area contributed by atoms with Gasteiger partial charge < -0.3 is 9.47 Å². The number of carbonyl (C=O) groups excluding carboxylic acids is 1. The second-order valence-corrected chi connectivity index (χ2v) is 4.15. The molecular weight excluding hydrogens is 168 g/mol. The number of hydrogen-bond donors (Lipinski definition) is 0. The Labute approximate surface area is 77.7 Å². The molecule has 3 nitrogen and oxygen atoms in total. The highest BCUT2D eigenvalue weighted by molar-refractivity contribution is 5.90. The highest BCUT2D eigenvalue weighted by Gasteiger charge is 2.44. The van der Waals surface area contributed by atoms with Gasteiger partial charge in [0.2, 0.25) is 0 Å². The van der Waals surface area contributed by atoms with Gasteiger partial charge in [0.1, 0.15) is 5.60 Å². The summed E-state index contributed by atoms with van der Waals surface area (Å²) in [6, 6.07) is 0. The number of carbonyl (C=O) groups is 1. The first kappa shape index (κ1) is 8.91. The molecule has 0 aromatic rings. The minimum atomic E-state index is -0.509. The minimum absolute atomic E-state index is 0.180. The second kappa shape index (κ2) is 2.66. The van der Waals surface area contributed by atoms with Gasteiger partial charge in [0, 0.05) is 6.42 Å². The molecular formula is C10H14O3. The SMILES string of the molecule is CC1(C)OCC2(C=CC(=O)CC2)O1. The van der Waals surface area contributed by atoms with E-state index in [-0.39, 0.29) is 11.4 Å². The summed E-state index contributed by atoms with van der Waals surface area (Å²) in [6.45, 7) is 4.35. The van der Waals surface area contributed by atoms with E-state index in [4.69, 9.17) is 9.47 Å². The molecule has 2 aliphatic rings. The van der Waals surface area contributed by atoms with Crippen LogP contribution in [0.15, 0.2) is 12.2 Å². The summed E-state index contributed by atoms with van der Waals surface area (Å²) < 4.78 is 11.2. The predicted molar refractivity (Wildman–Crippen MR) is 47.2 cm³/mol. The number of ether oxygens (including phenoxy) is 2. The molecule has 72 valence electrons. The molecule has 3 heteroatoms. The summed E-state index contributed by atoms with van der Waals surface area (Å²) in [7, 11) is 0. The number of rotatable bonds is 0. The van der Waals surface area contributed by atoms with E-state index >= 15 is 0 Å². The highest BCUT2D eigenvalue weighted by atomic mass is 16.8. The van der Waals surface area contributed by atoms with Crippen LogP contribution in [0.25, 0.3) is 0 Å². The Balaban J connectivity index is 2.16. The van der Waals surface area contributed by atoms with E-state index in [1.54, 1.807) is 6.08 Å². The van der Waals surface area contributed by atoms with Gasteiger partial charge in [-0.25, -0.2) is 0 Å². The average Bonchev–Trinajstić information content (AvgIpc) is 2.35. The Morgan fingerprint density at radius 2 is 2.23 bits per heavy atom. The third-order valence-electron chi connectivity index (χ3n) is 2.48. The molecule has 1 fully saturated rings. The van der Waals surface area contributed by atoms with E-state index < -0.39 is 5.79 Å². The molecule has 1 heterocycles. The van der Waals surface area contributed by atoms with Gasteiger partial charge >= 0.3 is 0 Å². The van der Waals surface area contributed by atoms with Crippen LogP contribution < -0.4 is 0 Å². The predicted octanol–water partition coefficient (Wildman–Crippen LogP) is 1.43. The second-order valence-electron chi connectivity index (χ2n) is 4.15. The molecule has 1 aliphatic carbocycles. The number of ketones is 1. The topological polar surface area (TPSA) is 35.5 Å².